The molecule has 0 saturated carbocycles. The third-order valence-corrected chi connectivity index (χ3v) is 2.37. The molecule has 88 valence electrons. The standard InChI is InChI=1S/C11H9ClN2O3/c1-2-17-11(16)9-10(15)6-3-4-8(12)14-7(6)5-13-9/h3-5,15H,2H2,1H3. The number of nitrogens with zero attached hydrogens (tertiary/aromatic N) is 2. The highest BCUT2D eigenvalue weighted by Gasteiger charge is 2.17. The molecule has 0 unspecified atom stereocenters. The number of aromatic hydroxyl groups is 1. The number of carbonyl (C=O) groups excluding carboxylic acids is 1. The van der Waals surface area contributed by atoms with Crippen molar-refractivity contribution in [3.63, 3.8) is 0 Å². The second-order valence-corrected chi connectivity index (χ2v) is 3.63. The zero-order valence-corrected chi connectivity index (χ0v) is 9.73. The lowest BCUT2D eigenvalue weighted by Crippen LogP contribution is -2.07. The number of aromatic nitrogens is 2. The van der Waals surface area contributed by atoms with Crippen LogP contribution < -0.4 is 0 Å². The van der Waals surface area contributed by atoms with Gasteiger partial charge in [0, 0.05) is 5.39 Å². The van der Waals surface area contributed by atoms with Crippen LogP contribution in [0, 0.1) is 0 Å². The first-order valence-corrected chi connectivity index (χ1v) is 5.32. The summed E-state index contributed by atoms with van der Waals surface area (Å²) in [5, 5.41) is 10.6. The Kier molecular flexibility index (Phi) is 3.10. The fourth-order valence-electron chi connectivity index (χ4n) is 1.41. The van der Waals surface area contributed by atoms with E-state index < -0.39 is 5.97 Å². The number of carbonyl (C=O) groups is 1. The van der Waals surface area contributed by atoms with E-state index in [-0.39, 0.29) is 18.1 Å². The molecule has 2 rings (SSSR count). The maximum atomic E-state index is 11.5. The minimum atomic E-state index is -0.665. The molecule has 0 aliphatic rings. The largest absolute Gasteiger partial charge is 0.505 e. The molecular weight excluding hydrogens is 244 g/mol. The Morgan fingerprint density at radius 2 is 2.29 bits per heavy atom. The molecule has 2 heterocycles. The second-order valence-electron chi connectivity index (χ2n) is 3.24. The number of esters is 1. The first-order valence-electron chi connectivity index (χ1n) is 4.94. The average Bonchev–Trinajstić information content (AvgIpc) is 2.29. The van der Waals surface area contributed by atoms with Crippen LogP contribution in [0.4, 0.5) is 0 Å². The van der Waals surface area contributed by atoms with Crippen molar-refractivity contribution in [1.29, 1.82) is 0 Å². The molecule has 17 heavy (non-hydrogen) atoms. The van der Waals surface area contributed by atoms with Gasteiger partial charge in [-0.25, -0.2) is 14.8 Å². The Labute approximate surface area is 102 Å². The lowest BCUT2D eigenvalue weighted by atomic mass is 10.2. The predicted octanol–water partition coefficient (Wildman–Crippen LogP) is 2.17. The second kappa shape index (κ2) is 4.55. The summed E-state index contributed by atoms with van der Waals surface area (Å²) < 4.78 is 4.77. The van der Waals surface area contributed by atoms with E-state index in [0.29, 0.717) is 16.1 Å². The van der Waals surface area contributed by atoms with E-state index in [0.717, 1.165) is 0 Å². The monoisotopic (exact) mass is 252 g/mol. The van der Waals surface area contributed by atoms with Gasteiger partial charge in [0.2, 0.25) is 0 Å². The first kappa shape index (κ1) is 11.6. The predicted molar refractivity (Wildman–Crippen MR) is 62.2 cm³/mol. The summed E-state index contributed by atoms with van der Waals surface area (Å²) in [4.78, 5) is 19.3. The zero-order valence-electron chi connectivity index (χ0n) is 8.98. The number of halogens is 1. The van der Waals surface area contributed by atoms with Crippen molar-refractivity contribution in [2.24, 2.45) is 0 Å². The van der Waals surface area contributed by atoms with Crippen LogP contribution in [-0.2, 0) is 4.74 Å². The molecule has 1 N–H and O–H groups in total. The summed E-state index contributed by atoms with van der Waals surface area (Å²) in [6, 6.07) is 3.10. The molecule has 0 bridgehead atoms. The van der Waals surface area contributed by atoms with Crippen molar-refractivity contribution in [3.05, 3.63) is 29.2 Å². The van der Waals surface area contributed by atoms with Gasteiger partial charge in [-0.15, -0.1) is 0 Å². The van der Waals surface area contributed by atoms with Crippen molar-refractivity contribution in [2.75, 3.05) is 6.61 Å². The van der Waals surface area contributed by atoms with Crippen LogP contribution in [0.5, 0.6) is 5.75 Å². The SMILES string of the molecule is CCOC(=O)c1ncc2nc(Cl)ccc2c1O. The van der Waals surface area contributed by atoms with E-state index in [1.165, 1.54) is 12.3 Å². The van der Waals surface area contributed by atoms with Crippen LogP contribution in [0.3, 0.4) is 0 Å². The van der Waals surface area contributed by atoms with Gasteiger partial charge in [0.05, 0.1) is 18.3 Å². The van der Waals surface area contributed by atoms with Gasteiger partial charge in [0.1, 0.15) is 5.15 Å². The van der Waals surface area contributed by atoms with Gasteiger partial charge in [0.15, 0.2) is 11.4 Å². The average molecular weight is 253 g/mol. The summed E-state index contributed by atoms with van der Waals surface area (Å²) in [5.41, 5.74) is 0.298. The van der Waals surface area contributed by atoms with Crippen LogP contribution >= 0.6 is 11.6 Å². The maximum Gasteiger partial charge on any atom is 0.360 e. The highest BCUT2D eigenvalue weighted by Crippen LogP contribution is 2.27. The number of hydrogen-bond donors (Lipinski definition) is 1. The maximum absolute atomic E-state index is 11.5. The number of rotatable bonds is 2. The molecule has 0 aliphatic heterocycles. The molecule has 0 amide bonds. The fraction of sp³-hybridized carbons (Fsp3) is 0.182. The number of pyridine rings is 2. The Balaban J connectivity index is 2.58. The molecule has 0 spiro atoms. The van der Waals surface area contributed by atoms with Gasteiger partial charge in [-0.3, -0.25) is 0 Å². The van der Waals surface area contributed by atoms with Crippen molar-refractivity contribution in [2.45, 2.75) is 6.92 Å². The van der Waals surface area contributed by atoms with Gasteiger partial charge in [-0.2, -0.15) is 0 Å². The zero-order chi connectivity index (χ0) is 12.4. The highest BCUT2D eigenvalue weighted by molar-refractivity contribution is 6.29. The van der Waals surface area contributed by atoms with Gasteiger partial charge < -0.3 is 9.84 Å². The first-order chi connectivity index (χ1) is 8.13. The van der Waals surface area contributed by atoms with Crippen LogP contribution in [0.15, 0.2) is 18.3 Å². The van der Waals surface area contributed by atoms with Gasteiger partial charge >= 0.3 is 5.97 Å². The number of fused-ring (bicyclic) bond motifs is 1. The Morgan fingerprint density at radius 1 is 1.53 bits per heavy atom. The topological polar surface area (TPSA) is 72.3 Å². The molecule has 0 aliphatic carbocycles. The summed E-state index contributed by atoms with van der Waals surface area (Å²) in [6.45, 7) is 1.90. The van der Waals surface area contributed by atoms with E-state index in [9.17, 15) is 9.90 Å². The summed E-state index contributed by atoms with van der Waals surface area (Å²) in [6.07, 6.45) is 1.37. The number of hydrogen-bond acceptors (Lipinski definition) is 5. The Hall–Kier alpha value is -1.88. The van der Waals surface area contributed by atoms with Crippen molar-refractivity contribution < 1.29 is 14.6 Å². The van der Waals surface area contributed by atoms with Crippen LogP contribution in [0.1, 0.15) is 17.4 Å². The molecular formula is C11H9ClN2O3. The lowest BCUT2D eigenvalue weighted by molar-refractivity contribution is 0.0516. The fourth-order valence-corrected chi connectivity index (χ4v) is 1.57. The summed E-state index contributed by atoms with van der Waals surface area (Å²) in [7, 11) is 0. The quantitative estimate of drug-likeness (QED) is 0.655. The molecule has 2 aromatic rings. The normalized spacial score (nSPS) is 10.5. The molecule has 6 heteroatoms. The van der Waals surface area contributed by atoms with Gasteiger partial charge in [0.25, 0.3) is 0 Å². The summed E-state index contributed by atoms with van der Waals surface area (Å²) >= 11 is 5.71. The lowest BCUT2D eigenvalue weighted by Gasteiger charge is -2.05. The molecule has 0 radical (unpaired) electrons. The molecule has 0 aromatic carbocycles. The van der Waals surface area contributed by atoms with Crippen LogP contribution in [-0.4, -0.2) is 27.7 Å². The van der Waals surface area contributed by atoms with Crippen molar-refractivity contribution in [1.82, 2.24) is 9.97 Å². The Bertz CT molecular complexity index is 586. The minimum Gasteiger partial charge on any atom is -0.505 e. The molecule has 0 fully saturated rings. The smallest absolute Gasteiger partial charge is 0.360 e. The van der Waals surface area contributed by atoms with Crippen LogP contribution in [0.2, 0.25) is 5.15 Å². The third kappa shape index (κ3) is 2.14. The molecule has 2 aromatic heterocycles. The van der Waals surface area contributed by atoms with Gasteiger partial charge in [-0.1, -0.05) is 11.6 Å². The summed E-state index contributed by atoms with van der Waals surface area (Å²) in [5.74, 6) is -0.910. The third-order valence-electron chi connectivity index (χ3n) is 2.15. The van der Waals surface area contributed by atoms with E-state index in [1.807, 2.05) is 0 Å². The van der Waals surface area contributed by atoms with E-state index in [4.69, 9.17) is 16.3 Å². The number of ether oxygens (including phenoxy) is 1. The van der Waals surface area contributed by atoms with Crippen molar-refractivity contribution >= 4 is 28.5 Å². The van der Waals surface area contributed by atoms with E-state index >= 15 is 0 Å². The minimum absolute atomic E-state index is 0.122. The van der Waals surface area contributed by atoms with Crippen molar-refractivity contribution in [3.8, 4) is 5.75 Å². The van der Waals surface area contributed by atoms with E-state index in [1.54, 1.807) is 13.0 Å². The van der Waals surface area contributed by atoms with Gasteiger partial charge in [-0.05, 0) is 19.1 Å². The van der Waals surface area contributed by atoms with E-state index in [2.05, 4.69) is 9.97 Å². The highest BCUT2D eigenvalue weighted by atomic mass is 35.5. The molecule has 5 nitrogen and oxygen atoms in total. The molecule has 0 saturated heterocycles. The Morgan fingerprint density at radius 3 is 3.00 bits per heavy atom. The molecule has 0 atom stereocenters. The van der Waals surface area contributed by atoms with Crippen LogP contribution in [0.25, 0.3) is 10.9 Å².